The van der Waals surface area contributed by atoms with Gasteiger partial charge in [0.15, 0.2) is 17.3 Å². The van der Waals surface area contributed by atoms with Crippen molar-refractivity contribution in [3.05, 3.63) is 122 Å². The summed E-state index contributed by atoms with van der Waals surface area (Å²) in [5, 5.41) is 6.35. The molecule has 198 valence electrons. The second-order valence-corrected chi connectivity index (χ2v) is 10.2. The first-order valence-corrected chi connectivity index (χ1v) is 13.5. The minimum Gasteiger partial charge on any atom is -0.493 e. The van der Waals surface area contributed by atoms with E-state index in [0.29, 0.717) is 55.4 Å². The number of methoxy groups -OCH3 is 1. The zero-order valence-electron chi connectivity index (χ0n) is 21.2. The molecule has 0 aliphatic carbocycles. The number of ether oxygens (including phenoxy) is 2. The van der Waals surface area contributed by atoms with Crippen LogP contribution in [-0.4, -0.2) is 23.0 Å². The minimum atomic E-state index is -0.329. The molecule has 0 unspecified atom stereocenters. The molecule has 7 nitrogen and oxygen atoms in total. The predicted molar refractivity (Wildman–Crippen MR) is 161 cm³/mol. The van der Waals surface area contributed by atoms with Crippen molar-refractivity contribution in [2.45, 2.75) is 6.61 Å². The van der Waals surface area contributed by atoms with Gasteiger partial charge in [0.2, 0.25) is 5.82 Å². The van der Waals surface area contributed by atoms with Crippen LogP contribution in [0.2, 0.25) is 5.02 Å². The summed E-state index contributed by atoms with van der Waals surface area (Å²) in [5.41, 5.74) is 2.54. The molecule has 0 aliphatic heterocycles. The van der Waals surface area contributed by atoms with E-state index in [1.807, 2.05) is 42.5 Å². The van der Waals surface area contributed by atoms with Crippen molar-refractivity contribution in [2.75, 3.05) is 7.11 Å². The maximum atomic E-state index is 13.6. The van der Waals surface area contributed by atoms with Crippen molar-refractivity contribution in [3.8, 4) is 23.1 Å². The summed E-state index contributed by atoms with van der Waals surface area (Å²) in [6.07, 6.45) is 1.56. The molecule has 0 N–H and O–H groups in total. The normalized spacial score (nSPS) is 11.5. The minimum absolute atomic E-state index is 0.265. The van der Waals surface area contributed by atoms with E-state index in [0.717, 1.165) is 10.9 Å². The summed E-state index contributed by atoms with van der Waals surface area (Å²) < 4.78 is 19.6. The van der Waals surface area contributed by atoms with E-state index in [1.54, 1.807) is 61.9 Å². The van der Waals surface area contributed by atoms with Crippen molar-refractivity contribution >= 4 is 55.6 Å². The molecule has 0 amide bonds. The van der Waals surface area contributed by atoms with Crippen molar-refractivity contribution in [2.24, 2.45) is 5.10 Å². The molecule has 0 spiro atoms. The third-order valence-electron chi connectivity index (χ3n) is 6.25. The Hall–Kier alpha value is -4.40. The molecule has 6 aromatic rings. The Balaban J connectivity index is 1.41. The highest BCUT2D eigenvalue weighted by Crippen LogP contribution is 2.37. The third-order valence-corrected chi connectivity index (χ3v) is 7.08. The number of hydrogen-bond acceptors (Lipinski definition) is 6. The monoisotopic (exact) mass is 613 g/mol. The van der Waals surface area contributed by atoms with Gasteiger partial charge in [0, 0.05) is 10.4 Å². The number of furan rings is 1. The molecule has 0 fully saturated rings. The van der Waals surface area contributed by atoms with Crippen LogP contribution in [-0.2, 0) is 6.61 Å². The maximum absolute atomic E-state index is 13.6. The van der Waals surface area contributed by atoms with E-state index >= 15 is 0 Å². The highest BCUT2D eigenvalue weighted by atomic mass is 79.9. The number of benzene rings is 4. The van der Waals surface area contributed by atoms with E-state index in [-0.39, 0.29) is 11.4 Å². The quantitative estimate of drug-likeness (QED) is 0.172. The molecule has 0 saturated heterocycles. The van der Waals surface area contributed by atoms with Gasteiger partial charge in [0.25, 0.3) is 5.56 Å². The van der Waals surface area contributed by atoms with Crippen LogP contribution in [0.4, 0.5) is 0 Å². The maximum Gasteiger partial charge on any atom is 0.282 e. The van der Waals surface area contributed by atoms with Crippen LogP contribution in [0.5, 0.6) is 11.5 Å². The lowest BCUT2D eigenvalue weighted by Gasteiger charge is -2.13. The second-order valence-electron chi connectivity index (χ2n) is 8.92. The SMILES string of the molecule is COc1cc(C=Nn2c(-c3cc4cc(Cl)ccc4o3)nc3ccccc3c2=O)cc(Br)c1OCc1ccccc1. The molecule has 0 aliphatic rings. The Bertz CT molecular complexity index is 1950. The fraction of sp³-hybridized carbons (Fsp3) is 0.0645. The second kappa shape index (κ2) is 11.0. The van der Waals surface area contributed by atoms with Crippen molar-refractivity contribution in [1.82, 2.24) is 9.66 Å². The van der Waals surface area contributed by atoms with Gasteiger partial charge < -0.3 is 13.9 Å². The first kappa shape index (κ1) is 25.9. The zero-order valence-corrected chi connectivity index (χ0v) is 23.5. The van der Waals surface area contributed by atoms with Gasteiger partial charge in [-0.05, 0) is 75.6 Å². The van der Waals surface area contributed by atoms with Gasteiger partial charge >= 0.3 is 0 Å². The van der Waals surface area contributed by atoms with Gasteiger partial charge in [-0.1, -0.05) is 54.1 Å². The Labute approximate surface area is 242 Å². The Morgan fingerprint density at radius 3 is 2.65 bits per heavy atom. The molecule has 9 heteroatoms. The van der Waals surface area contributed by atoms with Crippen LogP contribution in [0, 0.1) is 0 Å². The topological polar surface area (TPSA) is 78.9 Å². The lowest BCUT2D eigenvalue weighted by Crippen LogP contribution is -2.20. The summed E-state index contributed by atoms with van der Waals surface area (Å²) >= 11 is 9.76. The molecule has 4 aromatic carbocycles. The third kappa shape index (κ3) is 5.11. The summed E-state index contributed by atoms with van der Waals surface area (Å²) in [5.74, 6) is 1.74. The predicted octanol–water partition coefficient (Wildman–Crippen LogP) is 7.70. The molecule has 0 bridgehead atoms. The number of aromatic nitrogens is 2. The number of rotatable bonds is 7. The van der Waals surface area contributed by atoms with Crippen LogP contribution in [0.25, 0.3) is 33.5 Å². The summed E-state index contributed by atoms with van der Waals surface area (Å²) in [4.78, 5) is 18.3. The van der Waals surface area contributed by atoms with E-state index in [9.17, 15) is 4.79 Å². The van der Waals surface area contributed by atoms with Crippen molar-refractivity contribution < 1.29 is 13.9 Å². The highest BCUT2D eigenvalue weighted by Gasteiger charge is 2.17. The van der Waals surface area contributed by atoms with Crippen LogP contribution in [0.1, 0.15) is 11.1 Å². The van der Waals surface area contributed by atoms with Crippen LogP contribution in [0.3, 0.4) is 0 Å². The van der Waals surface area contributed by atoms with Crippen LogP contribution >= 0.6 is 27.5 Å². The first-order valence-electron chi connectivity index (χ1n) is 12.3. The average molecular weight is 615 g/mol. The summed E-state index contributed by atoms with van der Waals surface area (Å²) in [6, 6.07) is 27.7. The van der Waals surface area contributed by atoms with E-state index in [1.165, 1.54) is 4.68 Å². The molecule has 2 aromatic heterocycles. The molecule has 6 rings (SSSR count). The van der Waals surface area contributed by atoms with Gasteiger partial charge in [-0.25, -0.2) is 4.98 Å². The van der Waals surface area contributed by atoms with Gasteiger partial charge in [0.1, 0.15) is 12.2 Å². The molecule has 40 heavy (non-hydrogen) atoms. The van der Waals surface area contributed by atoms with Crippen LogP contribution < -0.4 is 15.0 Å². The Kier molecular flexibility index (Phi) is 7.11. The standard InChI is InChI=1S/C31H21BrClN3O4/c1-38-27-14-20(13-24(32)29(27)39-18-19-7-3-2-4-8-19)17-34-36-30(35-25-10-6-5-9-23(25)31(36)37)28-16-21-15-22(33)11-12-26(21)40-28/h2-17H,18H2,1H3. The van der Waals surface area contributed by atoms with E-state index < -0.39 is 0 Å². The van der Waals surface area contributed by atoms with Gasteiger partial charge in [-0.15, -0.1) is 0 Å². The number of para-hydroxylation sites is 1. The van der Waals surface area contributed by atoms with Gasteiger partial charge in [-0.2, -0.15) is 9.78 Å². The smallest absolute Gasteiger partial charge is 0.282 e. The van der Waals surface area contributed by atoms with Crippen molar-refractivity contribution in [1.29, 1.82) is 0 Å². The fourth-order valence-corrected chi connectivity index (χ4v) is 5.08. The number of halogens is 2. The zero-order chi connectivity index (χ0) is 27.6. The Morgan fingerprint density at radius 1 is 1.02 bits per heavy atom. The van der Waals surface area contributed by atoms with Gasteiger partial charge in [0.05, 0.1) is 28.7 Å². The number of fused-ring (bicyclic) bond motifs is 2. The number of hydrogen-bond donors (Lipinski definition) is 0. The summed E-state index contributed by atoms with van der Waals surface area (Å²) in [6.45, 7) is 0.382. The molecular formula is C31H21BrClN3O4. The van der Waals surface area contributed by atoms with E-state index in [4.69, 9.17) is 30.5 Å². The molecule has 0 radical (unpaired) electrons. The molecule has 0 saturated carbocycles. The number of nitrogens with zero attached hydrogens (tertiary/aromatic N) is 3. The van der Waals surface area contributed by atoms with E-state index in [2.05, 4.69) is 21.0 Å². The highest BCUT2D eigenvalue weighted by molar-refractivity contribution is 9.10. The van der Waals surface area contributed by atoms with Crippen LogP contribution in [0.15, 0.2) is 110 Å². The average Bonchev–Trinajstić information content (AvgIpc) is 3.39. The summed E-state index contributed by atoms with van der Waals surface area (Å²) in [7, 11) is 1.57. The lowest BCUT2D eigenvalue weighted by molar-refractivity contribution is 0.282. The molecule has 0 atom stereocenters. The lowest BCUT2D eigenvalue weighted by atomic mass is 10.2. The Morgan fingerprint density at radius 2 is 1.82 bits per heavy atom. The van der Waals surface area contributed by atoms with Gasteiger partial charge in [-0.3, -0.25) is 4.79 Å². The fourth-order valence-electron chi connectivity index (χ4n) is 4.32. The first-order chi connectivity index (χ1) is 19.5. The molecular weight excluding hydrogens is 594 g/mol. The van der Waals surface area contributed by atoms with Crippen molar-refractivity contribution in [3.63, 3.8) is 0 Å². The largest absolute Gasteiger partial charge is 0.493 e. The molecule has 2 heterocycles.